The molecule has 1 heterocycles. The van der Waals surface area contributed by atoms with E-state index in [-0.39, 0.29) is 18.6 Å². The fraction of sp³-hybridized carbons (Fsp3) is 0.571. The molecule has 1 rings (SSSR count). The lowest BCUT2D eigenvalue weighted by molar-refractivity contribution is -0.130. The number of allylic oxidation sites excluding steroid dienone is 1. The summed E-state index contributed by atoms with van der Waals surface area (Å²) < 4.78 is 4.98. The minimum Gasteiger partial charge on any atom is -0.369 e. The van der Waals surface area contributed by atoms with E-state index in [4.69, 9.17) is 4.74 Å². The van der Waals surface area contributed by atoms with Gasteiger partial charge in [0.1, 0.15) is 6.61 Å². The molecule has 0 radical (unpaired) electrons. The minimum atomic E-state index is -0.0330. The first kappa shape index (κ1) is 7.28. The zero-order chi connectivity index (χ0) is 7.40. The molecule has 0 aromatic heterocycles. The van der Waals surface area contributed by atoms with Crippen molar-refractivity contribution in [3.63, 3.8) is 0 Å². The first-order valence-corrected chi connectivity index (χ1v) is 3.33. The van der Waals surface area contributed by atoms with E-state index in [1.807, 2.05) is 19.1 Å². The van der Waals surface area contributed by atoms with E-state index in [2.05, 4.69) is 5.32 Å². The van der Waals surface area contributed by atoms with Crippen LogP contribution in [0.15, 0.2) is 12.2 Å². The lowest BCUT2D eigenvalue weighted by Gasteiger charge is -2.20. The Balaban J connectivity index is 2.39. The van der Waals surface area contributed by atoms with Gasteiger partial charge in [0.15, 0.2) is 0 Å². The van der Waals surface area contributed by atoms with Crippen LogP contribution in [0.3, 0.4) is 0 Å². The van der Waals surface area contributed by atoms with Crippen molar-refractivity contribution in [2.75, 3.05) is 13.2 Å². The fourth-order valence-corrected chi connectivity index (χ4v) is 0.905. The van der Waals surface area contributed by atoms with Crippen LogP contribution in [-0.4, -0.2) is 25.2 Å². The molecule has 0 aromatic carbocycles. The van der Waals surface area contributed by atoms with Crippen LogP contribution in [0.2, 0.25) is 0 Å². The van der Waals surface area contributed by atoms with Crippen LogP contribution in [-0.2, 0) is 9.53 Å². The van der Waals surface area contributed by atoms with Gasteiger partial charge in [-0.25, -0.2) is 0 Å². The molecular weight excluding hydrogens is 130 g/mol. The van der Waals surface area contributed by atoms with Gasteiger partial charge < -0.3 is 10.1 Å². The summed E-state index contributed by atoms with van der Waals surface area (Å²) in [6.07, 6.45) is 3.82. The fourth-order valence-electron chi connectivity index (χ4n) is 0.905. The second-order valence-electron chi connectivity index (χ2n) is 2.21. The Hall–Kier alpha value is -0.830. The second-order valence-corrected chi connectivity index (χ2v) is 2.21. The van der Waals surface area contributed by atoms with Gasteiger partial charge in [0.25, 0.3) is 0 Å². The summed E-state index contributed by atoms with van der Waals surface area (Å²) in [5.41, 5.74) is 0. The molecule has 3 nitrogen and oxygen atoms in total. The number of rotatable bonds is 1. The molecule has 0 bridgehead atoms. The van der Waals surface area contributed by atoms with E-state index in [1.54, 1.807) is 0 Å². The Bertz CT molecular complexity index is 154. The number of hydrogen-bond acceptors (Lipinski definition) is 2. The third-order valence-electron chi connectivity index (χ3n) is 1.30. The lowest BCUT2D eigenvalue weighted by atomic mass is 10.2. The molecule has 1 unspecified atom stereocenters. The van der Waals surface area contributed by atoms with Crippen molar-refractivity contribution in [2.45, 2.75) is 13.0 Å². The van der Waals surface area contributed by atoms with Gasteiger partial charge >= 0.3 is 0 Å². The van der Waals surface area contributed by atoms with Crippen LogP contribution in [0, 0.1) is 0 Å². The SMILES string of the molecule is C/C=C/C1COCC(=O)N1. The van der Waals surface area contributed by atoms with Crippen LogP contribution in [0.4, 0.5) is 0 Å². The van der Waals surface area contributed by atoms with E-state index in [0.29, 0.717) is 6.61 Å². The highest BCUT2D eigenvalue weighted by atomic mass is 16.5. The number of carbonyl (C=O) groups excluding carboxylic acids is 1. The van der Waals surface area contributed by atoms with Crippen molar-refractivity contribution < 1.29 is 9.53 Å². The van der Waals surface area contributed by atoms with Crippen molar-refractivity contribution in [1.29, 1.82) is 0 Å². The molecule has 1 aliphatic rings. The molecule has 56 valence electrons. The molecule has 1 N–H and O–H groups in total. The van der Waals surface area contributed by atoms with E-state index < -0.39 is 0 Å². The molecule has 1 aliphatic heterocycles. The highest BCUT2D eigenvalue weighted by molar-refractivity contribution is 5.78. The van der Waals surface area contributed by atoms with Gasteiger partial charge in [-0.15, -0.1) is 0 Å². The lowest BCUT2D eigenvalue weighted by Crippen LogP contribution is -2.44. The number of nitrogens with one attached hydrogen (secondary N) is 1. The summed E-state index contributed by atoms with van der Waals surface area (Å²) in [5.74, 6) is -0.0330. The monoisotopic (exact) mass is 141 g/mol. The maximum atomic E-state index is 10.7. The molecule has 3 heteroatoms. The van der Waals surface area contributed by atoms with Gasteiger partial charge in [0.2, 0.25) is 5.91 Å². The predicted molar refractivity (Wildman–Crippen MR) is 37.6 cm³/mol. The van der Waals surface area contributed by atoms with Crippen molar-refractivity contribution in [3.05, 3.63) is 12.2 Å². The van der Waals surface area contributed by atoms with Crippen LogP contribution >= 0.6 is 0 Å². The van der Waals surface area contributed by atoms with Crippen LogP contribution < -0.4 is 5.32 Å². The third kappa shape index (κ3) is 1.84. The summed E-state index contributed by atoms with van der Waals surface area (Å²) >= 11 is 0. The summed E-state index contributed by atoms with van der Waals surface area (Å²) in [4.78, 5) is 10.7. The quantitative estimate of drug-likeness (QED) is 0.525. The molecule has 0 saturated carbocycles. The Kier molecular flexibility index (Phi) is 2.45. The summed E-state index contributed by atoms with van der Waals surface area (Å²) in [6, 6.07) is 0.0752. The largest absolute Gasteiger partial charge is 0.369 e. The van der Waals surface area contributed by atoms with Crippen molar-refractivity contribution in [1.82, 2.24) is 5.32 Å². The number of morpholine rings is 1. The number of amides is 1. The number of hydrogen-bond donors (Lipinski definition) is 1. The molecule has 0 aliphatic carbocycles. The van der Waals surface area contributed by atoms with Crippen molar-refractivity contribution >= 4 is 5.91 Å². The summed E-state index contributed by atoms with van der Waals surface area (Å²) in [5, 5.41) is 2.77. The first-order chi connectivity index (χ1) is 4.83. The van der Waals surface area contributed by atoms with E-state index >= 15 is 0 Å². The second kappa shape index (κ2) is 3.37. The molecule has 10 heavy (non-hydrogen) atoms. The van der Waals surface area contributed by atoms with E-state index in [1.165, 1.54) is 0 Å². The maximum Gasteiger partial charge on any atom is 0.246 e. The van der Waals surface area contributed by atoms with Crippen LogP contribution in [0.25, 0.3) is 0 Å². The van der Waals surface area contributed by atoms with Gasteiger partial charge in [0, 0.05) is 0 Å². The summed E-state index contributed by atoms with van der Waals surface area (Å²) in [7, 11) is 0. The molecular formula is C7H11NO2. The average molecular weight is 141 g/mol. The highest BCUT2D eigenvalue weighted by Crippen LogP contribution is 1.94. The topological polar surface area (TPSA) is 38.3 Å². The van der Waals surface area contributed by atoms with Gasteiger partial charge in [-0.3, -0.25) is 4.79 Å². The Morgan fingerprint density at radius 3 is 3.20 bits per heavy atom. The molecule has 0 aromatic rings. The van der Waals surface area contributed by atoms with Crippen LogP contribution in [0.5, 0.6) is 0 Å². The van der Waals surface area contributed by atoms with E-state index in [0.717, 1.165) is 0 Å². The standard InChI is InChI=1S/C7H11NO2/c1-2-3-6-4-10-5-7(9)8-6/h2-3,6H,4-5H2,1H3,(H,8,9)/b3-2+. The third-order valence-corrected chi connectivity index (χ3v) is 1.30. The molecule has 1 atom stereocenters. The molecule has 1 amide bonds. The summed E-state index contributed by atoms with van der Waals surface area (Å²) in [6.45, 7) is 2.71. The van der Waals surface area contributed by atoms with Gasteiger partial charge in [-0.05, 0) is 6.92 Å². The predicted octanol–water partition coefficient (Wildman–Crippen LogP) is 0.0775. The van der Waals surface area contributed by atoms with Crippen LogP contribution in [0.1, 0.15) is 6.92 Å². The van der Waals surface area contributed by atoms with Crippen molar-refractivity contribution in [3.8, 4) is 0 Å². The zero-order valence-electron chi connectivity index (χ0n) is 5.96. The number of carbonyl (C=O) groups is 1. The number of ether oxygens (including phenoxy) is 1. The zero-order valence-corrected chi connectivity index (χ0v) is 5.96. The van der Waals surface area contributed by atoms with E-state index in [9.17, 15) is 4.79 Å². The normalized spacial score (nSPS) is 26.9. The van der Waals surface area contributed by atoms with Gasteiger partial charge in [0.05, 0.1) is 12.6 Å². The first-order valence-electron chi connectivity index (χ1n) is 3.33. The Morgan fingerprint density at radius 2 is 2.60 bits per heavy atom. The minimum absolute atomic E-state index is 0.0330. The highest BCUT2D eigenvalue weighted by Gasteiger charge is 2.14. The Labute approximate surface area is 60.1 Å². The molecule has 1 saturated heterocycles. The van der Waals surface area contributed by atoms with Crippen molar-refractivity contribution in [2.24, 2.45) is 0 Å². The Morgan fingerprint density at radius 1 is 1.80 bits per heavy atom. The average Bonchev–Trinajstić information content (AvgIpc) is 1.88. The van der Waals surface area contributed by atoms with Gasteiger partial charge in [-0.2, -0.15) is 0 Å². The smallest absolute Gasteiger partial charge is 0.246 e. The maximum absolute atomic E-state index is 10.7. The molecule has 0 spiro atoms. The molecule has 1 fully saturated rings. The van der Waals surface area contributed by atoms with Gasteiger partial charge in [-0.1, -0.05) is 12.2 Å².